The molecule has 0 radical (unpaired) electrons. The van der Waals surface area contributed by atoms with Crippen molar-refractivity contribution in [3.63, 3.8) is 0 Å². The highest BCUT2D eigenvalue weighted by molar-refractivity contribution is 7.80. The van der Waals surface area contributed by atoms with Gasteiger partial charge in [-0.15, -0.1) is 0 Å². The highest BCUT2D eigenvalue weighted by Gasteiger charge is 2.85. The van der Waals surface area contributed by atoms with Crippen LogP contribution in [-0.2, 0) is 24.3 Å². The van der Waals surface area contributed by atoms with E-state index in [9.17, 15) is 52.9 Å². The van der Waals surface area contributed by atoms with E-state index in [0.717, 1.165) is 0 Å². The summed E-state index contributed by atoms with van der Waals surface area (Å²) >= 11 is 0. The summed E-state index contributed by atoms with van der Waals surface area (Å²) in [5.74, 6) is -25.3. The molecule has 0 aromatic carbocycles. The lowest BCUT2D eigenvalue weighted by atomic mass is 10.0. The van der Waals surface area contributed by atoms with Crippen LogP contribution >= 0.6 is 0 Å². The van der Waals surface area contributed by atoms with E-state index in [-0.39, 0.29) is 0 Å². The van der Waals surface area contributed by atoms with Crippen LogP contribution in [0.15, 0.2) is 0 Å². The number of carbonyl (C=O) groups is 1. The van der Waals surface area contributed by atoms with Crippen LogP contribution in [0, 0.1) is 0 Å². The van der Waals surface area contributed by atoms with Crippen molar-refractivity contribution in [3.05, 3.63) is 0 Å². The normalized spacial score (nSPS) is 17.2. The van der Waals surface area contributed by atoms with Crippen molar-refractivity contribution in [3.8, 4) is 0 Å². The molecule has 0 bridgehead atoms. The Morgan fingerprint density at radius 1 is 0.952 bits per heavy atom. The van der Waals surface area contributed by atoms with Gasteiger partial charge >= 0.3 is 40.2 Å². The third-order valence-electron chi connectivity index (χ3n) is 1.71. The van der Waals surface area contributed by atoms with Gasteiger partial charge in [0.15, 0.2) is 0 Å². The predicted molar refractivity (Wildman–Crippen MR) is 39.6 cm³/mol. The van der Waals surface area contributed by atoms with Crippen molar-refractivity contribution in [2.24, 2.45) is 0 Å². The van der Waals surface area contributed by atoms with Crippen molar-refractivity contribution in [2.45, 2.75) is 23.9 Å². The molecule has 126 valence electrons. The van der Waals surface area contributed by atoms with E-state index >= 15 is 0 Å². The number of hydrogen-bond donors (Lipinski definition) is 1. The van der Waals surface area contributed by atoms with E-state index in [1.165, 1.54) is 0 Å². The Kier molecular flexibility index (Phi) is 4.85. The van der Waals surface area contributed by atoms with Gasteiger partial charge in [-0.2, -0.15) is 47.7 Å². The fraction of sp³-hybridized carbons (Fsp3) is 0.800. The molecule has 0 amide bonds. The summed E-state index contributed by atoms with van der Waals surface area (Å²) in [6.45, 7) is 0. The molecule has 0 rings (SSSR count). The van der Waals surface area contributed by atoms with E-state index in [2.05, 4.69) is 0 Å². The van der Waals surface area contributed by atoms with Crippen molar-refractivity contribution in [1.82, 2.24) is 0 Å². The second kappa shape index (κ2) is 5.16. The number of alkyl halides is 8. The number of carbonyl (C=O) groups excluding carboxylic acids is 1. The SMILES string of the molecule is O=C(OF)C(F)(F)C(F)(F)C(F)(OS(=O)(=O)O)C(F)(F)F. The first-order valence-electron chi connectivity index (χ1n) is 3.96. The van der Waals surface area contributed by atoms with Crippen molar-refractivity contribution in [2.75, 3.05) is 0 Å². The molecule has 0 fully saturated rings. The maximum absolute atomic E-state index is 13.1. The van der Waals surface area contributed by atoms with Gasteiger partial charge in [0.2, 0.25) is 0 Å². The quantitative estimate of drug-likeness (QED) is 0.593. The van der Waals surface area contributed by atoms with Gasteiger partial charge in [0, 0.05) is 4.53 Å². The topological polar surface area (TPSA) is 89.9 Å². The van der Waals surface area contributed by atoms with Crippen molar-refractivity contribution < 1.29 is 66.5 Å². The highest BCUT2D eigenvalue weighted by atomic mass is 32.3. The predicted octanol–water partition coefficient (Wildman–Crippen LogP) is 1.73. The summed E-state index contributed by atoms with van der Waals surface area (Å²) in [7, 11) is -6.69. The molecular formula is C5HF9O6S. The van der Waals surface area contributed by atoms with Crippen LogP contribution < -0.4 is 0 Å². The van der Waals surface area contributed by atoms with Crippen LogP contribution in [0.2, 0.25) is 0 Å². The molecule has 6 nitrogen and oxygen atoms in total. The second-order valence-corrected chi connectivity index (χ2v) is 4.14. The molecule has 0 saturated carbocycles. The Morgan fingerprint density at radius 2 is 1.33 bits per heavy atom. The Hall–Kier alpha value is -1.29. The molecule has 0 saturated heterocycles. The van der Waals surface area contributed by atoms with Crippen molar-refractivity contribution >= 4 is 16.4 Å². The van der Waals surface area contributed by atoms with E-state index < -0.39 is 40.2 Å². The van der Waals surface area contributed by atoms with Gasteiger partial charge in [-0.25, -0.2) is 9.74 Å². The Morgan fingerprint density at radius 3 is 1.57 bits per heavy atom. The minimum Gasteiger partial charge on any atom is -0.263 e. The first kappa shape index (κ1) is 19.7. The standard InChI is InChI=1S/C5HF9O6S/c6-2(7,1(15)19-14)3(8,9)4(10,5(11,12)13)20-21(16,17)18/h(H,16,17,18). The number of halogens is 9. The maximum atomic E-state index is 13.1. The fourth-order valence-corrected chi connectivity index (χ4v) is 1.29. The van der Waals surface area contributed by atoms with Crippen LogP contribution in [0.25, 0.3) is 0 Å². The first-order valence-corrected chi connectivity index (χ1v) is 5.33. The Bertz CT molecular complexity index is 511. The zero-order valence-electron chi connectivity index (χ0n) is 8.80. The monoisotopic (exact) mass is 360 g/mol. The third-order valence-corrected chi connectivity index (χ3v) is 2.15. The Balaban J connectivity index is 6.25. The first-order chi connectivity index (χ1) is 8.94. The zero-order valence-corrected chi connectivity index (χ0v) is 9.61. The van der Waals surface area contributed by atoms with Crippen LogP contribution in [0.3, 0.4) is 0 Å². The van der Waals surface area contributed by atoms with E-state index in [1.54, 1.807) is 4.94 Å². The zero-order chi connectivity index (χ0) is 17.5. The van der Waals surface area contributed by atoms with E-state index in [0.29, 0.717) is 0 Å². The van der Waals surface area contributed by atoms with E-state index in [4.69, 9.17) is 4.55 Å². The molecule has 0 aliphatic rings. The molecule has 0 spiro atoms. The van der Waals surface area contributed by atoms with Gasteiger partial charge in [-0.3, -0.25) is 4.55 Å². The van der Waals surface area contributed by atoms with Gasteiger partial charge < -0.3 is 0 Å². The second-order valence-electron chi connectivity index (χ2n) is 3.12. The summed E-state index contributed by atoms with van der Waals surface area (Å²) in [5, 5.41) is 0. The largest absolute Gasteiger partial charge is 0.456 e. The molecule has 0 aromatic heterocycles. The molecule has 1 N–H and O–H groups in total. The van der Waals surface area contributed by atoms with Crippen LogP contribution in [-0.4, -0.2) is 42.8 Å². The molecule has 0 aliphatic heterocycles. The van der Waals surface area contributed by atoms with Gasteiger partial charge in [0.1, 0.15) is 0 Å². The summed E-state index contributed by atoms with van der Waals surface area (Å²) in [5.41, 5.74) is 0. The summed E-state index contributed by atoms with van der Waals surface area (Å²) in [4.78, 5) is 11.6. The summed E-state index contributed by atoms with van der Waals surface area (Å²) < 4.78 is 141. The number of hydrogen-bond acceptors (Lipinski definition) is 5. The minimum atomic E-state index is -7.34. The van der Waals surface area contributed by atoms with Gasteiger partial charge in [-0.1, -0.05) is 0 Å². The molecule has 1 atom stereocenters. The molecule has 0 aliphatic carbocycles. The number of rotatable bonds is 5. The molecule has 0 aromatic rings. The maximum Gasteiger partial charge on any atom is 0.456 e. The molecule has 21 heavy (non-hydrogen) atoms. The summed E-state index contributed by atoms with van der Waals surface area (Å²) in [6, 6.07) is 0. The van der Waals surface area contributed by atoms with Crippen LogP contribution in [0.5, 0.6) is 0 Å². The average molecular weight is 360 g/mol. The highest BCUT2D eigenvalue weighted by Crippen LogP contribution is 2.53. The average Bonchev–Trinajstić information content (AvgIpc) is 2.23. The summed E-state index contributed by atoms with van der Waals surface area (Å²) in [6.07, 6.45) is -7.20. The third kappa shape index (κ3) is 3.31. The van der Waals surface area contributed by atoms with Gasteiger partial charge in [-0.05, 0) is 0 Å². The van der Waals surface area contributed by atoms with Gasteiger partial charge in [0.05, 0.1) is 0 Å². The lowest BCUT2D eigenvalue weighted by Gasteiger charge is -2.35. The van der Waals surface area contributed by atoms with Crippen molar-refractivity contribution in [1.29, 1.82) is 0 Å². The lowest BCUT2D eigenvalue weighted by molar-refractivity contribution is -0.408. The molecule has 1 unspecified atom stereocenters. The molecular weight excluding hydrogens is 359 g/mol. The van der Waals surface area contributed by atoms with Gasteiger partial charge in [0.25, 0.3) is 0 Å². The molecule has 0 heterocycles. The smallest absolute Gasteiger partial charge is 0.263 e. The Labute approximate surface area is 108 Å². The van der Waals surface area contributed by atoms with E-state index in [1.807, 2.05) is 4.18 Å². The minimum absolute atomic E-state index is 1.57. The fourth-order valence-electron chi connectivity index (χ4n) is 0.801. The molecule has 16 heteroatoms. The van der Waals surface area contributed by atoms with Crippen LogP contribution in [0.4, 0.5) is 39.6 Å². The van der Waals surface area contributed by atoms with Crippen LogP contribution in [0.1, 0.15) is 0 Å². The lowest BCUT2D eigenvalue weighted by Crippen LogP contribution is -2.67.